The maximum absolute atomic E-state index is 12.3. The predicted octanol–water partition coefficient (Wildman–Crippen LogP) is 0.459. The second kappa shape index (κ2) is 7.01. The zero-order valence-electron chi connectivity index (χ0n) is 12.5. The van der Waals surface area contributed by atoms with E-state index in [0.717, 1.165) is 13.0 Å². The summed E-state index contributed by atoms with van der Waals surface area (Å²) in [6, 6.07) is 0. The van der Waals surface area contributed by atoms with E-state index >= 15 is 0 Å². The first kappa shape index (κ1) is 15.2. The molecule has 0 aromatic carbocycles. The Morgan fingerprint density at radius 1 is 1.29 bits per heavy atom. The number of aromatic nitrogens is 2. The van der Waals surface area contributed by atoms with E-state index in [0.29, 0.717) is 43.6 Å². The molecule has 2 heterocycles. The Labute approximate surface area is 124 Å². The fourth-order valence-corrected chi connectivity index (χ4v) is 2.03. The normalized spacial score (nSPS) is 15.2. The molecule has 0 saturated carbocycles. The van der Waals surface area contributed by atoms with E-state index in [-0.39, 0.29) is 5.91 Å². The molecular weight excluding hydrogens is 270 g/mol. The monoisotopic (exact) mass is 291 g/mol. The largest absolute Gasteiger partial charge is 0.369 e. The molecule has 0 bridgehead atoms. The molecule has 0 radical (unpaired) electrons. The molecule has 114 valence electrons. The van der Waals surface area contributed by atoms with Gasteiger partial charge < -0.3 is 15.1 Å². The van der Waals surface area contributed by atoms with Gasteiger partial charge in [0.2, 0.25) is 6.41 Å². The Balaban J connectivity index is 1.92. The number of hydrogen-bond acceptors (Lipinski definition) is 5. The minimum Gasteiger partial charge on any atom is -0.369 e. The lowest BCUT2D eigenvalue weighted by atomic mass is 10.2. The summed E-state index contributed by atoms with van der Waals surface area (Å²) in [6.07, 6.45) is 3.89. The molecule has 0 atom stereocenters. The molecule has 1 aromatic heterocycles. The molecule has 1 aromatic rings. The number of nitrogens with zero attached hydrogens (tertiary/aromatic N) is 4. The molecule has 1 aliphatic heterocycles. The number of rotatable bonds is 5. The highest BCUT2D eigenvalue weighted by atomic mass is 16.2. The van der Waals surface area contributed by atoms with Crippen LogP contribution in [0.1, 0.15) is 24.3 Å². The van der Waals surface area contributed by atoms with Gasteiger partial charge in [-0.15, -0.1) is 0 Å². The van der Waals surface area contributed by atoms with Crippen molar-refractivity contribution in [2.45, 2.75) is 13.8 Å². The first-order valence-corrected chi connectivity index (χ1v) is 7.14. The van der Waals surface area contributed by atoms with Crippen LogP contribution in [0, 0.1) is 5.92 Å². The van der Waals surface area contributed by atoms with Crippen molar-refractivity contribution < 1.29 is 9.59 Å². The molecule has 2 amide bonds. The van der Waals surface area contributed by atoms with E-state index in [2.05, 4.69) is 29.1 Å². The number of nitrogens with one attached hydrogen (secondary N) is 1. The van der Waals surface area contributed by atoms with E-state index in [4.69, 9.17) is 0 Å². The molecule has 1 aliphatic rings. The van der Waals surface area contributed by atoms with Gasteiger partial charge in [0, 0.05) is 32.7 Å². The average Bonchev–Trinajstić information content (AvgIpc) is 2.53. The topological polar surface area (TPSA) is 78.4 Å². The standard InChI is InChI=1S/C14H21N5O2/c1-11(2)7-16-13-9-15-12(8-17-13)14(21)19-5-3-18(10-20)4-6-19/h8-11H,3-7H2,1-2H3,(H,16,17). The predicted molar refractivity (Wildman–Crippen MR) is 78.9 cm³/mol. The highest BCUT2D eigenvalue weighted by molar-refractivity contribution is 5.92. The summed E-state index contributed by atoms with van der Waals surface area (Å²) in [5, 5.41) is 3.16. The Kier molecular flexibility index (Phi) is 5.08. The zero-order chi connectivity index (χ0) is 15.2. The van der Waals surface area contributed by atoms with Gasteiger partial charge in [-0.2, -0.15) is 0 Å². The third-order valence-corrected chi connectivity index (χ3v) is 3.31. The van der Waals surface area contributed by atoms with Crippen LogP contribution in [0.2, 0.25) is 0 Å². The van der Waals surface area contributed by atoms with Crippen molar-refractivity contribution in [2.75, 3.05) is 38.0 Å². The highest BCUT2D eigenvalue weighted by Gasteiger charge is 2.22. The Hall–Kier alpha value is -2.18. The van der Waals surface area contributed by atoms with Crippen LogP contribution < -0.4 is 5.32 Å². The summed E-state index contributed by atoms with van der Waals surface area (Å²) in [5.74, 6) is 1.05. The summed E-state index contributed by atoms with van der Waals surface area (Å²) >= 11 is 0. The van der Waals surface area contributed by atoms with Crippen LogP contribution in [0.25, 0.3) is 0 Å². The van der Waals surface area contributed by atoms with E-state index in [1.165, 1.54) is 6.20 Å². The van der Waals surface area contributed by atoms with Gasteiger partial charge in [0.1, 0.15) is 11.5 Å². The van der Waals surface area contributed by atoms with Gasteiger partial charge >= 0.3 is 0 Å². The molecule has 0 spiro atoms. The molecule has 0 unspecified atom stereocenters. The molecule has 21 heavy (non-hydrogen) atoms. The van der Waals surface area contributed by atoms with Gasteiger partial charge in [0.05, 0.1) is 12.4 Å². The number of carbonyl (C=O) groups is 2. The fourth-order valence-electron chi connectivity index (χ4n) is 2.03. The third kappa shape index (κ3) is 4.14. The average molecular weight is 291 g/mol. The highest BCUT2D eigenvalue weighted by Crippen LogP contribution is 2.08. The zero-order valence-corrected chi connectivity index (χ0v) is 12.5. The van der Waals surface area contributed by atoms with Crippen LogP contribution in [-0.2, 0) is 4.79 Å². The van der Waals surface area contributed by atoms with E-state index in [1.54, 1.807) is 16.0 Å². The first-order chi connectivity index (χ1) is 10.1. The smallest absolute Gasteiger partial charge is 0.274 e. The molecule has 0 aliphatic carbocycles. The van der Waals surface area contributed by atoms with E-state index in [9.17, 15) is 9.59 Å². The van der Waals surface area contributed by atoms with E-state index in [1.807, 2.05) is 0 Å². The van der Waals surface area contributed by atoms with Crippen molar-refractivity contribution in [3.63, 3.8) is 0 Å². The van der Waals surface area contributed by atoms with Crippen LogP contribution in [0.3, 0.4) is 0 Å². The summed E-state index contributed by atoms with van der Waals surface area (Å²) in [4.78, 5) is 34.7. The molecule has 1 saturated heterocycles. The van der Waals surface area contributed by atoms with Gasteiger partial charge in [-0.05, 0) is 5.92 Å². The maximum Gasteiger partial charge on any atom is 0.274 e. The minimum atomic E-state index is -0.136. The van der Waals surface area contributed by atoms with Gasteiger partial charge in [-0.1, -0.05) is 13.8 Å². The molecule has 1 N–H and O–H groups in total. The molecule has 1 fully saturated rings. The number of amides is 2. The first-order valence-electron chi connectivity index (χ1n) is 7.14. The number of anilines is 1. The molecule has 7 heteroatoms. The minimum absolute atomic E-state index is 0.136. The maximum atomic E-state index is 12.3. The lowest BCUT2D eigenvalue weighted by Gasteiger charge is -2.32. The lowest BCUT2D eigenvalue weighted by Crippen LogP contribution is -2.48. The fraction of sp³-hybridized carbons (Fsp3) is 0.571. The van der Waals surface area contributed by atoms with Gasteiger partial charge in [-0.3, -0.25) is 9.59 Å². The van der Waals surface area contributed by atoms with Crippen LogP contribution in [-0.4, -0.2) is 64.8 Å². The summed E-state index contributed by atoms with van der Waals surface area (Å²) in [7, 11) is 0. The van der Waals surface area contributed by atoms with Crippen molar-refractivity contribution >= 4 is 18.1 Å². The SMILES string of the molecule is CC(C)CNc1cnc(C(=O)N2CCN(C=O)CC2)cn1. The third-order valence-electron chi connectivity index (χ3n) is 3.31. The van der Waals surface area contributed by atoms with Gasteiger partial charge in [-0.25, -0.2) is 9.97 Å². The summed E-state index contributed by atoms with van der Waals surface area (Å²) < 4.78 is 0. The van der Waals surface area contributed by atoms with Crippen LogP contribution in [0.5, 0.6) is 0 Å². The number of piperazine rings is 1. The Bertz CT molecular complexity index is 481. The number of carbonyl (C=O) groups excluding carboxylic acids is 2. The second-order valence-electron chi connectivity index (χ2n) is 5.50. The molecular formula is C14H21N5O2. The summed E-state index contributed by atoms with van der Waals surface area (Å²) in [6.45, 7) is 7.23. The van der Waals surface area contributed by atoms with Crippen LogP contribution >= 0.6 is 0 Å². The van der Waals surface area contributed by atoms with Crippen molar-refractivity contribution in [3.05, 3.63) is 18.1 Å². The van der Waals surface area contributed by atoms with Crippen molar-refractivity contribution in [3.8, 4) is 0 Å². The van der Waals surface area contributed by atoms with Crippen molar-refractivity contribution in [1.29, 1.82) is 0 Å². The Morgan fingerprint density at radius 3 is 2.52 bits per heavy atom. The van der Waals surface area contributed by atoms with E-state index < -0.39 is 0 Å². The van der Waals surface area contributed by atoms with Crippen LogP contribution in [0.15, 0.2) is 12.4 Å². The quantitative estimate of drug-likeness (QED) is 0.797. The van der Waals surface area contributed by atoms with Gasteiger partial charge in [0.25, 0.3) is 5.91 Å². The molecule has 7 nitrogen and oxygen atoms in total. The Morgan fingerprint density at radius 2 is 2.00 bits per heavy atom. The van der Waals surface area contributed by atoms with Crippen molar-refractivity contribution in [1.82, 2.24) is 19.8 Å². The lowest BCUT2D eigenvalue weighted by molar-refractivity contribution is -0.119. The van der Waals surface area contributed by atoms with Crippen LogP contribution in [0.4, 0.5) is 5.82 Å². The summed E-state index contributed by atoms with van der Waals surface area (Å²) in [5.41, 5.74) is 0.338. The second-order valence-corrected chi connectivity index (χ2v) is 5.50. The molecule has 2 rings (SSSR count). The van der Waals surface area contributed by atoms with Crippen molar-refractivity contribution in [2.24, 2.45) is 5.92 Å². The van der Waals surface area contributed by atoms with Gasteiger partial charge in [0.15, 0.2) is 0 Å². The number of hydrogen-bond donors (Lipinski definition) is 1.